The Morgan fingerprint density at radius 3 is 2.39 bits per heavy atom. The molecule has 0 fully saturated rings. The second-order valence-electron chi connectivity index (χ2n) is 4.10. The summed E-state index contributed by atoms with van der Waals surface area (Å²) in [6.07, 6.45) is -4.58. The van der Waals surface area contributed by atoms with E-state index >= 15 is 0 Å². The lowest BCUT2D eigenvalue weighted by atomic mass is 10.1. The van der Waals surface area contributed by atoms with E-state index < -0.39 is 17.3 Å². The molecule has 96 valence electrons. The largest absolute Gasteiger partial charge is 0.431 e. The van der Waals surface area contributed by atoms with E-state index in [2.05, 4.69) is 4.98 Å². The summed E-state index contributed by atoms with van der Waals surface area (Å²) in [4.78, 5) is 14.2. The highest BCUT2D eigenvalue weighted by Gasteiger charge is 2.35. The summed E-state index contributed by atoms with van der Waals surface area (Å²) in [5, 5.41) is 0.496. The fourth-order valence-corrected chi connectivity index (χ4v) is 2.18. The highest BCUT2D eigenvalue weighted by atomic mass is 35.5. The van der Waals surface area contributed by atoms with Gasteiger partial charge in [0.05, 0.1) is 5.52 Å². The van der Waals surface area contributed by atoms with Gasteiger partial charge >= 0.3 is 6.18 Å². The van der Waals surface area contributed by atoms with Crippen LogP contribution in [0.4, 0.5) is 13.2 Å². The van der Waals surface area contributed by atoms with E-state index in [1.54, 1.807) is 6.92 Å². The first kappa shape index (κ1) is 13.0. The Hall–Kier alpha value is -1.49. The minimum atomic E-state index is -4.58. The fraction of sp³-hybridized carbons (Fsp3) is 0.250. The zero-order chi connectivity index (χ0) is 13.7. The van der Waals surface area contributed by atoms with Crippen LogP contribution in [0.15, 0.2) is 16.9 Å². The van der Waals surface area contributed by atoms with Crippen LogP contribution < -0.4 is 5.43 Å². The van der Waals surface area contributed by atoms with Gasteiger partial charge in [0.2, 0.25) is 0 Å². The number of alkyl halides is 3. The Kier molecular flexibility index (Phi) is 2.89. The van der Waals surface area contributed by atoms with Gasteiger partial charge in [0.25, 0.3) is 0 Å². The number of aromatic nitrogens is 1. The van der Waals surface area contributed by atoms with E-state index in [-0.39, 0.29) is 16.5 Å². The summed E-state index contributed by atoms with van der Waals surface area (Å²) >= 11 is 5.80. The molecule has 0 bridgehead atoms. The van der Waals surface area contributed by atoms with E-state index in [0.717, 1.165) is 6.92 Å². The minimum Gasteiger partial charge on any atom is -0.350 e. The first-order valence-electron chi connectivity index (χ1n) is 5.11. The number of nitrogens with one attached hydrogen (secondary N) is 1. The molecule has 2 aromatic rings. The van der Waals surface area contributed by atoms with Gasteiger partial charge in [-0.3, -0.25) is 4.79 Å². The average molecular weight is 276 g/mol. The molecule has 0 spiro atoms. The monoisotopic (exact) mass is 275 g/mol. The molecule has 6 heteroatoms. The lowest BCUT2D eigenvalue weighted by Gasteiger charge is -2.12. The molecule has 1 aromatic heterocycles. The van der Waals surface area contributed by atoms with Crippen molar-refractivity contribution in [1.29, 1.82) is 0 Å². The molecule has 18 heavy (non-hydrogen) atoms. The topological polar surface area (TPSA) is 32.9 Å². The zero-order valence-electron chi connectivity index (χ0n) is 9.57. The third kappa shape index (κ3) is 1.99. The molecular weight excluding hydrogens is 267 g/mol. The molecule has 0 amide bonds. The van der Waals surface area contributed by atoms with Gasteiger partial charge in [-0.25, -0.2) is 0 Å². The smallest absolute Gasteiger partial charge is 0.350 e. The van der Waals surface area contributed by atoms with Crippen molar-refractivity contribution in [2.45, 2.75) is 20.0 Å². The van der Waals surface area contributed by atoms with Gasteiger partial charge in [-0.05, 0) is 31.5 Å². The van der Waals surface area contributed by atoms with Crippen molar-refractivity contribution in [2.24, 2.45) is 0 Å². The van der Waals surface area contributed by atoms with E-state index in [1.165, 1.54) is 12.1 Å². The normalized spacial score (nSPS) is 12.1. The Bertz CT molecular complexity index is 688. The van der Waals surface area contributed by atoms with Crippen LogP contribution in [0.2, 0.25) is 5.02 Å². The summed E-state index contributed by atoms with van der Waals surface area (Å²) in [7, 11) is 0. The number of aryl methyl sites for hydroxylation is 1. The van der Waals surface area contributed by atoms with Gasteiger partial charge in [-0.1, -0.05) is 11.6 Å². The summed E-state index contributed by atoms with van der Waals surface area (Å²) in [6.45, 7) is 2.75. The van der Waals surface area contributed by atoms with Crippen molar-refractivity contribution in [2.75, 3.05) is 0 Å². The average Bonchev–Trinajstić information content (AvgIpc) is 2.22. The second-order valence-corrected chi connectivity index (χ2v) is 4.53. The number of aromatic amines is 1. The van der Waals surface area contributed by atoms with E-state index in [4.69, 9.17) is 11.6 Å². The number of benzene rings is 1. The summed E-state index contributed by atoms with van der Waals surface area (Å²) in [6, 6.07) is 2.88. The predicted molar refractivity (Wildman–Crippen MR) is 64.1 cm³/mol. The molecule has 0 atom stereocenters. The number of H-pyrrole nitrogens is 1. The molecule has 0 unspecified atom stereocenters. The molecule has 2 nitrogen and oxygen atoms in total. The first-order chi connectivity index (χ1) is 8.21. The third-order valence-corrected chi connectivity index (χ3v) is 3.01. The van der Waals surface area contributed by atoms with Gasteiger partial charge in [-0.15, -0.1) is 0 Å². The van der Waals surface area contributed by atoms with Crippen LogP contribution >= 0.6 is 11.6 Å². The number of fused-ring (bicyclic) bond motifs is 1. The van der Waals surface area contributed by atoms with Gasteiger partial charge in [0, 0.05) is 16.0 Å². The number of hydrogen-bond acceptors (Lipinski definition) is 1. The molecule has 1 aromatic carbocycles. The van der Waals surface area contributed by atoms with Gasteiger partial charge in [-0.2, -0.15) is 13.2 Å². The van der Waals surface area contributed by atoms with Crippen LogP contribution in [0, 0.1) is 13.8 Å². The minimum absolute atomic E-state index is 0.169. The standard InChI is InChI=1S/C12H9ClF3NO/c1-5-3-7(13)4-8-9(5)17-11(12(14,15)16)6(2)10(8)18/h3-4H,1-2H3,(H,17,18). The van der Waals surface area contributed by atoms with Gasteiger partial charge < -0.3 is 4.98 Å². The van der Waals surface area contributed by atoms with Crippen LogP contribution in [0.5, 0.6) is 0 Å². The SMILES string of the molecule is Cc1c(C(F)(F)F)[nH]c2c(C)cc(Cl)cc2c1=O. The molecule has 0 aliphatic carbocycles. The predicted octanol–water partition coefficient (Wildman–Crippen LogP) is 3.82. The van der Waals surface area contributed by atoms with Crippen LogP contribution in [-0.4, -0.2) is 4.98 Å². The lowest BCUT2D eigenvalue weighted by Crippen LogP contribution is -2.19. The van der Waals surface area contributed by atoms with Crippen molar-refractivity contribution in [3.8, 4) is 0 Å². The quantitative estimate of drug-likeness (QED) is 0.779. The Morgan fingerprint density at radius 2 is 1.83 bits per heavy atom. The summed E-state index contributed by atoms with van der Waals surface area (Å²) in [5.41, 5.74) is -1.34. The number of rotatable bonds is 0. The number of hydrogen-bond donors (Lipinski definition) is 1. The van der Waals surface area contributed by atoms with Gasteiger partial charge in [0.15, 0.2) is 5.43 Å². The van der Waals surface area contributed by atoms with Crippen molar-refractivity contribution in [1.82, 2.24) is 4.98 Å². The fourth-order valence-electron chi connectivity index (χ4n) is 1.91. The van der Waals surface area contributed by atoms with Crippen molar-refractivity contribution in [3.63, 3.8) is 0 Å². The Morgan fingerprint density at radius 1 is 1.22 bits per heavy atom. The molecule has 0 aliphatic rings. The van der Waals surface area contributed by atoms with Crippen molar-refractivity contribution >= 4 is 22.5 Å². The van der Waals surface area contributed by atoms with Crippen LogP contribution in [0.3, 0.4) is 0 Å². The Balaban J connectivity index is 2.98. The maximum atomic E-state index is 12.8. The summed E-state index contributed by atoms with van der Waals surface area (Å²) in [5.74, 6) is 0. The maximum Gasteiger partial charge on any atom is 0.431 e. The maximum absolute atomic E-state index is 12.8. The molecule has 1 heterocycles. The molecule has 0 saturated heterocycles. The number of halogens is 4. The zero-order valence-corrected chi connectivity index (χ0v) is 10.3. The third-order valence-electron chi connectivity index (χ3n) is 2.79. The van der Waals surface area contributed by atoms with E-state index in [1.807, 2.05) is 0 Å². The van der Waals surface area contributed by atoms with Crippen molar-refractivity contribution < 1.29 is 13.2 Å². The molecule has 0 aliphatic heterocycles. The van der Waals surface area contributed by atoms with Crippen molar-refractivity contribution in [3.05, 3.63) is 44.2 Å². The van der Waals surface area contributed by atoms with E-state index in [9.17, 15) is 18.0 Å². The molecule has 1 N–H and O–H groups in total. The molecule has 2 rings (SSSR count). The van der Waals surface area contributed by atoms with E-state index in [0.29, 0.717) is 10.6 Å². The lowest BCUT2D eigenvalue weighted by molar-refractivity contribution is -0.141. The highest BCUT2D eigenvalue weighted by molar-refractivity contribution is 6.31. The summed E-state index contributed by atoms with van der Waals surface area (Å²) < 4.78 is 38.3. The molecular formula is C12H9ClF3NO. The van der Waals surface area contributed by atoms with Gasteiger partial charge in [0.1, 0.15) is 5.69 Å². The van der Waals surface area contributed by atoms with Crippen LogP contribution in [-0.2, 0) is 6.18 Å². The van der Waals surface area contributed by atoms with Crippen LogP contribution in [0.1, 0.15) is 16.8 Å². The van der Waals surface area contributed by atoms with Crippen LogP contribution in [0.25, 0.3) is 10.9 Å². The highest BCUT2D eigenvalue weighted by Crippen LogP contribution is 2.31. The molecule has 0 radical (unpaired) electrons. The first-order valence-corrected chi connectivity index (χ1v) is 5.49. The number of pyridine rings is 1. The molecule has 0 saturated carbocycles. The Labute approximate surface area is 105 Å². The second kappa shape index (κ2) is 4.02.